The Hall–Kier alpha value is -2.83. The summed E-state index contributed by atoms with van der Waals surface area (Å²) in [5.74, 6) is 0.983. The average Bonchev–Trinajstić information content (AvgIpc) is 3.44. The van der Waals surface area contributed by atoms with Crippen LogP contribution in [0.4, 0.5) is 5.69 Å². The van der Waals surface area contributed by atoms with Gasteiger partial charge in [0.15, 0.2) is 5.65 Å². The van der Waals surface area contributed by atoms with Crippen LogP contribution in [-0.4, -0.2) is 30.6 Å². The van der Waals surface area contributed by atoms with Gasteiger partial charge in [-0.15, -0.1) is 0 Å². The van der Waals surface area contributed by atoms with Crippen molar-refractivity contribution in [1.29, 1.82) is 0 Å². The van der Waals surface area contributed by atoms with Crippen LogP contribution in [0.1, 0.15) is 87.9 Å². The molecule has 1 aliphatic rings. The third-order valence-corrected chi connectivity index (χ3v) is 5.29. The topological polar surface area (TPSA) is 85.6 Å². The molecule has 0 bridgehead atoms. The van der Waals surface area contributed by atoms with E-state index in [4.69, 9.17) is 10.1 Å². The van der Waals surface area contributed by atoms with Crippen LogP contribution in [0.15, 0.2) is 18.5 Å². The fourth-order valence-corrected chi connectivity index (χ4v) is 3.52. The molecule has 3 aromatic heterocycles. The van der Waals surface area contributed by atoms with E-state index in [1.54, 1.807) is 12.4 Å². The van der Waals surface area contributed by atoms with Crippen molar-refractivity contribution < 1.29 is 4.79 Å². The standard InChI is InChI=1S/C23H30N6O/c1-13-18-16(20(30)26-15-11-24-21(25-12-15)22(2,3)4)10-17(14-8-9-14)27-19(18)29(28-13)23(5,6)7/h10-12,14H,8-9H2,1-7H3,(H,26,30). The van der Waals surface area contributed by atoms with E-state index in [1.165, 1.54) is 0 Å². The molecule has 7 nitrogen and oxygen atoms in total. The van der Waals surface area contributed by atoms with E-state index in [-0.39, 0.29) is 16.9 Å². The maximum absolute atomic E-state index is 13.3. The fourth-order valence-electron chi connectivity index (χ4n) is 3.52. The first-order chi connectivity index (χ1) is 13.9. The van der Waals surface area contributed by atoms with Crippen molar-refractivity contribution in [2.75, 3.05) is 5.32 Å². The van der Waals surface area contributed by atoms with Gasteiger partial charge in [0.05, 0.1) is 40.3 Å². The Labute approximate surface area is 177 Å². The van der Waals surface area contributed by atoms with Gasteiger partial charge in [0, 0.05) is 17.0 Å². The molecule has 7 heteroatoms. The monoisotopic (exact) mass is 406 g/mol. The molecular weight excluding hydrogens is 376 g/mol. The van der Waals surface area contributed by atoms with Gasteiger partial charge in [-0.3, -0.25) is 4.79 Å². The molecule has 0 unspecified atom stereocenters. The highest BCUT2D eigenvalue weighted by Gasteiger charge is 2.30. The summed E-state index contributed by atoms with van der Waals surface area (Å²) in [4.78, 5) is 27.0. The van der Waals surface area contributed by atoms with Crippen LogP contribution >= 0.6 is 0 Å². The van der Waals surface area contributed by atoms with Crippen molar-refractivity contribution in [1.82, 2.24) is 24.7 Å². The van der Waals surface area contributed by atoms with Gasteiger partial charge in [-0.25, -0.2) is 19.6 Å². The number of aromatic nitrogens is 5. The van der Waals surface area contributed by atoms with Crippen LogP contribution < -0.4 is 5.32 Å². The number of fused-ring (bicyclic) bond motifs is 1. The molecule has 1 N–H and O–H groups in total. The number of anilines is 1. The Bertz CT molecular complexity index is 1110. The smallest absolute Gasteiger partial charge is 0.256 e. The normalized spacial score (nSPS) is 14.9. The van der Waals surface area contributed by atoms with Crippen molar-refractivity contribution in [3.63, 3.8) is 0 Å². The van der Waals surface area contributed by atoms with Crippen LogP contribution in [0, 0.1) is 6.92 Å². The largest absolute Gasteiger partial charge is 0.319 e. The van der Waals surface area contributed by atoms with E-state index in [2.05, 4.69) is 56.8 Å². The van der Waals surface area contributed by atoms with Crippen LogP contribution in [0.25, 0.3) is 11.0 Å². The molecule has 158 valence electrons. The molecule has 3 heterocycles. The number of aryl methyl sites for hydroxylation is 1. The minimum absolute atomic E-state index is 0.141. The van der Waals surface area contributed by atoms with Crippen molar-refractivity contribution >= 4 is 22.6 Å². The molecule has 0 atom stereocenters. The van der Waals surface area contributed by atoms with E-state index in [9.17, 15) is 4.79 Å². The highest BCUT2D eigenvalue weighted by molar-refractivity contribution is 6.12. The Kier molecular flexibility index (Phi) is 4.67. The molecule has 0 aliphatic heterocycles. The predicted octanol–water partition coefficient (Wildman–Crippen LogP) is 4.71. The Balaban J connectivity index is 1.76. The molecule has 1 saturated carbocycles. The number of nitrogens with one attached hydrogen (secondary N) is 1. The third kappa shape index (κ3) is 3.80. The average molecular weight is 407 g/mol. The molecule has 4 rings (SSSR count). The van der Waals surface area contributed by atoms with Crippen molar-refractivity contribution in [2.45, 2.75) is 78.2 Å². The van der Waals surface area contributed by atoms with Crippen LogP contribution in [0.2, 0.25) is 0 Å². The molecule has 0 aromatic carbocycles. The van der Waals surface area contributed by atoms with Crippen LogP contribution in [0.5, 0.6) is 0 Å². The molecule has 30 heavy (non-hydrogen) atoms. The molecule has 0 spiro atoms. The summed E-state index contributed by atoms with van der Waals surface area (Å²) in [6, 6.07) is 1.93. The number of hydrogen-bond acceptors (Lipinski definition) is 5. The SMILES string of the molecule is Cc1nn(C(C)(C)C)c2nc(C3CC3)cc(C(=O)Nc3cnc(C(C)(C)C)nc3)c12. The molecule has 0 saturated heterocycles. The second-order valence-electron chi connectivity index (χ2n) is 10.2. The van der Waals surface area contributed by atoms with E-state index in [0.717, 1.165) is 41.1 Å². The number of nitrogens with zero attached hydrogens (tertiary/aromatic N) is 5. The van der Waals surface area contributed by atoms with E-state index in [1.807, 2.05) is 17.7 Å². The van der Waals surface area contributed by atoms with Gasteiger partial charge in [-0.05, 0) is 46.6 Å². The summed E-state index contributed by atoms with van der Waals surface area (Å²) in [7, 11) is 0. The highest BCUT2D eigenvalue weighted by Crippen LogP contribution is 2.41. The molecular formula is C23H30N6O. The zero-order valence-corrected chi connectivity index (χ0v) is 18.9. The lowest BCUT2D eigenvalue weighted by Crippen LogP contribution is -2.24. The Morgan fingerprint density at radius 3 is 2.27 bits per heavy atom. The van der Waals surface area contributed by atoms with E-state index in [0.29, 0.717) is 17.2 Å². The summed E-state index contributed by atoms with van der Waals surface area (Å²) < 4.78 is 1.93. The molecule has 1 aliphatic carbocycles. The first-order valence-electron chi connectivity index (χ1n) is 10.5. The summed E-state index contributed by atoms with van der Waals surface area (Å²) in [5, 5.41) is 8.49. The number of carbonyl (C=O) groups excluding carboxylic acids is 1. The number of hydrogen-bond donors (Lipinski definition) is 1. The van der Waals surface area contributed by atoms with Gasteiger partial charge in [0.25, 0.3) is 5.91 Å². The van der Waals surface area contributed by atoms with Gasteiger partial charge in [0.2, 0.25) is 0 Å². The quantitative estimate of drug-likeness (QED) is 0.681. The van der Waals surface area contributed by atoms with E-state index < -0.39 is 0 Å². The van der Waals surface area contributed by atoms with Crippen LogP contribution in [-0.2, 0) is 11.0 Å². The molecule has 0 radical (unpaired) electrons. The second-order valence-corrected chi connectivity index (χ2v) is 10.2. The van der Waals surface area contributed by atoms with Gasteiger partial charge >= 0.3 is 0 Å². The van der Waals surface area contributed by atoms with Gasteiger partial charge < -0.3 is 5.32 Å². The zero-order chi connectivity index (χ0) is 21.8. The number of amides is 1. The summed E-state index contributed by atoms with van der Waals surface area (Å²) in [5.41, 5.74) is 3.36. The van der Waals surface area contributed by atoms with Crippen molar-refractivity contribution in [3.05, 3.63) is 41.2 Å². The molecule has 1 fully saturated rings. The van der Waals surface area contributed by atoms with Gasteiger partial charge in [-0.1, -0.05) is 20.8 Å². The van der Waals surface area contributed by atoms with Crippen LogP contribution in [0.3, 0.4) is 0 Å². The lowest BCUT2D eigenvalue weighted by Gasteiger charge is -2.20. The minimum Gasteiger partial charge on any atom is -0.319 e. The maximum atomic E-state index is 13.3. The maximum Gasteiger partial charge on any atom is 0.256 e. The zero-order valence-electron chi connectivity index (χ0n) is 18.9. The van der Waals surface area contributed by atoms with E-state index >= 15 is 0 Å². The number of rotatable bonds is 3. The summed E-state index contributed by atoms with van der Waals surface area (Å²) in [6.07, 6.45) is 5.56. The lowest BCUT2D eigenvalue weighted by atomic mass is 9.96. The van der Waals surface area contributed by atoms with Crippen molar-refractivity contribution in [3.8, 4) is 0 Å². The Morgan fingerprint density at radius 2 is 1.73 bits per heavy atom. The first-order valence-corrected chi connectivity index (χ1v) is 10.5. The van der Waals surface area contributed by atoms with Crippen molar-refractivity contribution in [2.24, 2.45) is 0 Å². The fraction of sp³-hybridized carbons (Fsp3) is 0.522. The molecule has 1 amide bonds. The summed E-state index contributed by atoms with van der Waals surface area (Å²) >= 11 is 0. The molecule has 3 aromatic rings. The highest BCUT2D eigenvalue weighted by atomic mass is 16.1. The Morgan fingerprint density at radius 1 is 1.10 bits per heavy atom. The third-order valence-electron chi connectivity index (χ3n) is 5.29. The predicted molar refractivity (Wildman–Crippen MR) is 118 cm³/mol. The second kappa shape index (κ2) is 6.86. The van der Waals surface area contributed by atoms with Gasteiger partial charge in [-0.2, -0.15) is 5.10 Å². The lowest BCUT2D eigenvalue weighted by molar-refractivity contribution is 0.102. The first kappa shape index (κ1) is 20.4. The minimum atomic E-state index is -0.230. The summed E-state index contributed by atoms with van der Waals surface area (Å²) in [6.45, 7) is 14.4. The number of pyridine rings is 1. The van der Waals surface area contributed by atoms with Gasteiger partial charge in [0.1, 0.15) is 5.82 Å². The number of carbonyl (C=O) groups is 1.